The Balaban J connectivity index is 2.56. The van der Waals surface area contributed by atoms with Crippen molar-refractivity contribution in [2.24, 2.45) is 5.10 Å². The van der Waals surface area contributed by atoms with Crippen LogP contribution >= 0.6 is 31.9 Å². The zero-order valence-electron chi connectivity index (χ0n) is 7.08. The number of amides is 1. The van der Waals surface area contributed by atoms with E-state index in [4.69, 9.17) is 4.42 Å². The quantitative estimate of drug-likeness (QED) is 0.671. The molecule has 0 radical (unpaired) electrons. The third-order valence-corrected chi connectivity index (χ3v) is 2.91. The zero-order valence-corrected chi connectivity index (χ0v) is 10.3. The van der Waals surface area contributed by atoms with Gasteiger partial charge < -0.3 is 9.15 Å². The van der Waals surface area contributed by atoms with Gasteiger partial charge in [0, 0.05) is 6.07 Å². The molecule has 0 spiro atoms. The first-order chi connectivity index (χ1) is 6.63. The van der Waals surface area contributed by atoms with Crippen LogP contribution in [-0.4, -0.2) is 19.4 Å². The first-order valence-electron chi connectivity index (χ1n) is 3.45. The SMILES string of the molecule is COC(=O)NN=Cc1cc(Br)c(Br)o1. The molecular weight excluding hydrogens is 320 g/mol. The number of hydrazone groups is 1. The lowest BCUT2D eigenvalue weighted by atomic mass is 10.5. The summed E-state index contributed by atoms with van der Waals surface area (Å²) in [5.74, 6) is 0.500. The van der Waals surface area contributed by atoms with E-state index in [1.54, 1.807) is 6.07 Å². The molecule has 0 fully saturated rings. The van der Waals surface area contributed by atoms with Crippen LogP contribution in [0.15, 0.2) is 24.7 Å². The number of nitrogens with zero attached hydrogens (tertiary/aromatic N) is 1. The summed E-state index contributed by atoms with van der Waals surface area (Å²) in [5.41, 5.74) is 2.13. The number of hydrogen-bond donors (Lipinski definition) is 1. The maximum atomic E-state index is 10.6. The van der Waals surface area contributed by atoms with Gasteiger partial charge in [-0.05, 0) is 31.9 Å². The predicted octanol–water partition coefficient (Wildman–Crippen LogP) is 2.49. The first-order valence-corrected chi connectivity index (χ1v) is 5.04. The number of carbonyl (C=O) groups excluding carboxylic acids is 1. The Morgan fingerprint density at radius 1 is 1.71 bits per heavy atom. The number of methoxy groups -OCH3 is 1. The van der Waals surface area contributed by atoms with Crippen LogP contribution in [0.1, 0.15) is 5.76 Å². The van der Waals surface area contributed by atoms with Crippen LogP contribution in [0, 0.1) is 0 Å². The van der Waals surface area contributed by atoms with E-state index in [1.807, 2.05) is 0 Å². The second-order valence-corrected chi connectivity index (χ2v) is 3.71. The van der Waals surface area contributed by atoms with E-state index in [0.29, 0.717) is 10.4 Å². The molecule has 1 N–H and O–H groups in total. The van der Waals surface area contributed by atoms with E-state index in [9.17, 15) is 4.79 Å². The maximum absolute atomic E-state index is 10.6. The second kappa shape index (κ2) is 5.16. The van der Waals surface area contributed by atoms with Gasteiger partial charge in [0.25, 0.3) is 0 Å². The lowest BCUT2D eigenvalue weighted by Gasteiger charge is -1.93. The van der Waals surface area contributed by atoms with Gasteiger partial charge in [-0.25, -0.2) is 10.2 Å². The fourth-order valence-electron chi connectivity index (χ4n) is 0.621. The van der Waals surface area contributed by atoms with Gasteiger partial charge >= 0.3 is 6.09 Å². The van der Waals surface area contributed by atoms with Gasteiger partial charge in [0.2, 0.25) is 0 Å². The van der Waals surface area contributed by atoms with Crippen LogP contribution < -0.4 is 5.43 Å². The van der Waals surface area contributed by atoms with E-state index < -0.39 is 6.09 Å². The summed E-state index contributed by atoms with van der Waals surface area (Å²) in [5, 5.41) is 3.58. The highest BCUT2D eigenvalue weighted by Gasteiger charge is 2.03. The fraction of sp³-hybridized carbons (Fsp3) is 0.143. The van der Waals surface area contributed by atoms with E-state index in [0.717, 1.165) is 4.47 Å². The fourth-order valence-corrected chi connectivity index (χ4v) is 1.23. The molecule has 1 aromatic rings. The van der Waals surface area contributed by atoms with Crippen molar-refractivity contribution in [3.8, 4) is 0 Å². The van der Waals surface area contributed by atoms with Crippen molar-refractivity contribution in [1.82, 2.24) is 5.43 Å². The average molecular weight is 326 g/mol. The summed E-state index contributed by atoms with van der Waals surface area (Å²) in [6.07, 6.45) is 0.720. The van der Waals surface area contributed by atoms with E-state index in [-0.39, 0.29) is 0 Å². The number of rotatable bonds is 2. The molecule has 0 aromatic carbocycles. The number of carbonyl (C=O) groups is 1. The number of nitrogens with one attached hydrogen (secondary N) is 1. The molecule has 7 heteroatoms. The third kappa shape index (κ3) is 3.15. The molecule has 1 rings (SSSR count). The Bertz CT molecular complexity index is 342. The smallest absolute Gasteiger partial charge is 0.427 e. The standard InChI is InChI=1S/C7H6Br2N2O3/c1-13-7(12)11-10-3-4-2-5(8)6(9)14-4/h2-3H,1H3,(H,11,12). The molecule has 1 amide bonds. The minimum atomic E-state index is -0.633. The molecule has 14 heavy (non-hydrogen) atoms. The van der Waals surface area contributed by atoms with Crippen molar-refractivity contribution in [3.63, 3.8) is 0 Å². The number of halogens is 2. The van der Waals surface area contributed by atoms with Gasteiger partial charge in [-0.1, -0.05) is 0 Å². The summed E-state index contributed by atoms with van der Waals surface area (Å²) in [7, 11) is 1.25. The maximum Gasteiger partial charge on any atom is 0.427 e. The van der Waals surface area contributed by atoms with Gasteiger partial charge in [0.15, 0.2) is 4.67 Å². The number of hydrogen-bond acceptors (Lipinski definition) is 4. The molecule has 5 nitrogen and oxygen atoms in total. The molecule has 0 bridgehead atoms. The van der Waals surface area contributed by atoms with Crippen LogP contribution in [0.3, 0.4) is 0 Å². The molecule has 1 heterocycles. The van der Waals surface area contributed by atoms with Crippen molar-refractivity contribution in [3.05, 3.63) is 21.0 Å². The summed E-state index contributed by atoms with van der Waals surface area (Å²) in [4.78, 5) is 10.6. The Hall–Kier alpha value is -0.820. The van der Waals surface area contributed by atoms with Crippen molar-refractivity contribution >= 4 is 44.2 Å². The van der Waals surface area contributed by atoms with Gasteiger partial charge in [-0.2, -0.15) is 5.10 Å². The van der Waals surface area contributed by atoms with Crippen LogP contribution in [0.4, 0.5) is 4.79 Å². The average Bonchev–Trinajstić information content (AvgIpc) is 2.46. The molecule has 0 atom stereocenters. The van der Waals surface area contributed by atoms with Gasteiger partial charge in [-0.3, -0.25) is 0 Å². The molecule has 1 aromatic heterocycles. The summed E-state index contributed by atoms with van der Waals surface area (Å²) >= 11 is 6.40. The highest BCUT2D eigenvalue weighted by molar-refractivity contribution is 9.13. The van der Waals surface area contributed by atoms with Crippen molar-refractivity contribution in [1.29, 1.82) is 0 Å². The van der Waals surface area contributed by atoms with Crippen molar-refractivity contribution in [2.75, 3.05) is 7.11 Å². The van der Waals surface area contributed by atoms with Crippen LogP contribution in [0.5, 0.6) is 0 Å². The largest absolute Gasteiger partial charge is 0.452 e. The lowest BCUT2D eigenvalue weighted by molar-refractivity contribution is 0.171. The van der Waals surface area contributed by atoms with Crippen molar-refractivity contribution in [2.45, 2.75) is 0 Å². The van der Waals surface area contributed by atoms with Gasteiger partial charge in [-0.15, -0.1) is 0 Å². The molecule has 0 aliphatic rings. The predicted molar refractivity (Wildman–Crippen MR) is 57.2 cm³/mol. The van der Waals surface area contributed by atoms with E-state index >= 15 is 0 Å². The van der Waals surface area contributed by atoms with Crippen LogP contribution in [0.25, 0.3) is 0 Å². The number of furan rings is 1. The third-order valence-electron chi connectivity index (χ3n) is 1.20. The minimum Gasteiger partial charge on any atom is -0.452 e. The molecule has 0 unspecified atom stereocenters. The van der Waals surface area contributed by atoms with Crippen LogP contribution in [0.2, 0.25) is 0 Å². The normalized spacial score (nSPS) is 10.5. The highest BCUT2D eigenvalue weighted by atomic mass is 79.9. The zero-order chi connectivity index (χ0) is 10.6. The topological polar surface area (TPSA) is 63.8 Å². The number of ether oxygens (including phenoxy) is 1. The Morgan fingerprint density at radius 2 is 2.43 bits per heavy atom. The second-order valence-electron chi connectivity index (χ2n) is 2.13. The first kappa shape index (κ1) is 11.3. The molecule has 0 aliphatic carbocycles. The Labute approximate surface area is 96.7 Å². The Kier molecular flexibility index (Phi) is 4.15. The highest BCUT2D eigenvalue weighted by Crippen LogP contribution is 2.25. The lowest BCUT2D eigenvalue weighted by Crippen LogP contribution is -2.16. The summed E-state index contributed by atoms with van der Waals surface area (Å²) in [6.45, 7) is 0. The monoisotopic (exact) mass is 324 g/mol. The van der Waals surface area contributed by atoms with Gasteiger partial charge in [0.1, 0.15) is 5.76 Å². The minimum absolute atomic E-state index is 0.500. The van der Waals surface area contributed by atoms with Crippen molar-refractivity contribution < 1.29 is 13.9 Å². The molecular formula is C7H6Br2N2O3. The molecule has 0 aliphatic heterocycles. The summed E-state index contributed by atoms with van der Waals surface area (Å²) < 4.78 is 10.8. The Morgan fingerprint density at radius 3 is 2.93 bits per heavy atom. The van der Waals surface area contributed by atoms with Gasteiger partial charge in [0.05, 0.1) is 17.8 Å². The van der Waals surface area contributed by atoms with E-state index in [2.05, 4.69) is 47.1 Å². The molecule has 76 valence electrons. The molecule has 0 saturated carbocycles. The summed E-state index contributed by atoms with van der Waals surface area (Å²) in [6, 6.07) is 1.70. The van der Waals surface area contributed by atoms with E-state index in [1.165, 1.54) is 13.3 Å². The van der Waals surface area contributed by atoms with Crippen LogP contribution in [-0.2, 0) is 4.74 Å². The molecule has 0 saturated heterocycles.